The minimum atomic E-state index is -0.999. The van der Waals surface area contributed by atoms with E-state index < -0.39 is 30.3 Å². The minimum absolute atomic E-state index is 0.331. The van der Waals surface area contributed by atoms with Gasteiger partial charge in [0.05, 0.1) is 0 Å². The van der Waals surface area contributed by atoms with Crippen LogP contribution in [0.4, 0.5) is 0 Å². The summed E-state index contributed by atoms with van der Waals surface area (Å²) in [6, 6.07) is 0. The van der Waals surface area contributed by atoms with Crippen LogP contribution in [0.5, 0.6) is 0 Å². The SMILES string of the molecule is CC1=C(C)C(C)(C)[C]([Cr]([CH2][Si](C)(C)C)[CH2][Si](C)(C)C)=C1C. The van der Waals surface area contributed by atoms with E-state index in [4.69, 9.17) is 0 Å². The molecular formula is C18H37CrSi2. The van der Waals surface area contributed by atoms with Gasteiger partial charge in [-0.3, -0.25) is 0 Å². The predicted molar refractivity (Wildman–Crippen MR) is 101 cm³/mol. The van der Waals surface area contributed by atoms with Crippen molar-refractivity contribution in [2.75, 3.05) is 0 Å². The number of allylic oxidation sites excluding steroid dienone is 4. The van der Waals surface area contributed by atoms with E-state index in [0.717, 1.165) is 0 Å². The van der Waals surface area contributed by atoms with Crippen molar-refractivity contribution < 1.29 is 14.1 Å². The van der Waals surface area contributed by atoms with Crippen molar-refractivity contribution >= 4 is 16.1 Å². The Morgan fingerprint density at radius 1 is 0.762 bits per heavy atom. The van der Waals surface area contributed by atoms with Crippen molar-refractivity contribution in [2.24, 2.45) is 5.41 Å². The number of hydrogen-bond acceptors (Lipinski definition) is 0. The van der Waals surface area contributed by atoms with Crippen LogP contribution in [0, 0.1) is 5.41 Å². The van der Waals surface area contributed by atoms with Gasteiger partial charge in [0.2, 0.25) is 0 Å². The molecule has 0 saturated heterocycles. The summed E-state index contributed by atoms with van der Waals surface area (Å²) in [6.07, 6.45) is 0. The Morgan fingerprint density at radius 3 is 1.38 bits per heavy atom. The van der Waals surface area contributed by atoms with Crippen LogP contribution in [0.3, 0.4) is 0 Å². The molecule has 0 radical (unpaired) electrons. The molecule has 0 amide bonds. The average Bonchev–Trinajstić information content (AvgIpc) is 2.34. The summed E-state index contributed by atoms with van der Waals surface area (Å²) in [4.78, 5) is 3.15. The molecular weight excluding hydrogens is 324 g/mol. The van der Waals surface area contributed by atoms with Gasteiger partial charge >= 0.3 is 141 Å². The first kappa shape index (κ1) is 19.5. The van der Waals surface area contributed by atoms with Crippen LogP contribution < -0.4 is 0 Å². The van der Waals surface area contributed by atoms with Gasteiger partial charge in [0.1, 0.15) is 0 Å². The average molecular weight is 362 g/mol. The Bertz CT molecular complexity index is 454. The monoisotopic (exact) mass is 361 g/mol. The van der Waals surface area contributed by atoms with Crippen molar-refractivity contribution in [3.63, 3.8) is 0 Å². The fourth-order valence-electron chi connectivity index (χ4n) is 3.38. The van der Waals surface area contributed by atoms with Gasteiger partial charge in [-0.2, -0.15) is 0 Å². The van der Waals surface area contributed by atoms with Crippen molar-refractivity contribution in [2.45, 2.75) is 83.7 Å². The summed E-state index contributed by atoms with van der Waals surface area (Å²) >= 11 is -0.670. The summed E-state index contributed by atoms with van der Waals surface area (Å²) in [5.41, 5.74) is 5.22. The Kier molecular flexibility index (Phi) is 5.71. The summed E-state index contributed by atoms with van der Waals surface area (Å²) in [5.74, 6) is 0. The molecule has 0 N–H and O–H groups in total. The van der Waals surface area contributed by atoms with E-state index >= 15 is 0 Å². The summed E-state index contributed by atoms with van der Waals surface area (Å²) < 4.78 is 1.90. The third-order valence-electron chi connectivity index (χ3n) is 4.47. The molecule has 0 spiro atoms. The standard InChI is InChI=1S/C10H15.2C4H11Si.Cr/c1-7-6-10(4,5)9(3)8(7)2;2*1-5(2,3)4;/h1-5H3;2*1H2,2-4H3;. The van der Waals surface area contributed by atoms with Crippen LogP contribution in [0.1, 0.15) is 34.6 Å². The van der Waals surface area contributed by atoms with Gasteiger partial charge < -0.3 is 0 Å². The van der Waals surface area contributed by atoms with E-state index in [1.807, 2.05) is 4.44 Å². The van der Waals surface area contributed by atoms with E-state index in [9.17, 15) is 0 Å². The van der Waals surface area contributed by atoms with Gasteiger partial charge in [0, 0.05) is 0 Å². The summed E-state index contributed by atoms with van der Waals surface area (Å²) in [5, 5.41) is 0. The van der Waals surface area contributed by atoms with Gasteiger partial charge in [-0.05, 0) is 0 Å². The van der Waals surface area contributed by atoms with E-state index in [0.29, 0.717) is 5.41 Å². The zero-order valence-corrected chi connectivity index (χ0v) is 19.6. The second-order valence-corrected chi connectivity index (χ2v) is 25.4. The van der Waals surface area contributed by atoms with E-state index in [1.54, 1.807) is 26.5 Å². The first-order valence-electron chi connectivity index (χ1n) is 8.24. The molecule has 1 aliphatic rings. The van der Waals surface area contributed by atoms with Gasteiger partial charge in [0.15, 0.2) is 0 Å². The van der Waals surface area contributed by atoms with Crippen LogP contribution in [-0.4, -0.2) is 16.1 Å². The molecule has 0 bridgehead atoms. The molecule has 0 atom stereocenters. The second kappa shape index (κ2) is 6.15. The van der Waals surface area contributed by atoms with Crippen LogP contribution in [0.2, 0.25) is 49.1 Å². The Labute approximate surface area is 140 Å². The number of hydrogen-bond donors (Lipinski definition) is 0. The Balaban J connectivity index is 3.28. The van der Waals surface area contributed by atoms with Crippen molar-refractivity contribution in [1.82, 2.24) is 0 Å². The van der Waals surface area contributed by atoms with Crippen LogP contribution in [0.15, 0.2) is 21.2 Å². The molecule has 1 rings (SSSR count). The maximum absolute atomic E-state index is 2.57. The first-order chi connectivity index (χ1) is 9.17. The van der Waals surface area contributed by atoms with Crippen LogP contribution >= 0.6 is 0 Å². The molecule has 0 aromatic rings. The van der Waals surface area contributed by atoms with Gasteiger partial charge in [-0.15, -0.1) is 0 Å². The van der Waals surface area contributed by atoms with Crippen LogP contribution in [-0.2, 0) is 14.1 Å². The van der Waals surface area contributed by atoms with Crippen molar-refractivity contribution in [3.05, 3.63) is 21.2 Å². The van der Waals surface area contributed by atoms with Crippen molar-refractivity contribution in [1.29, 1.82) is 0 Å². The number of rotatable bonds is 5. The van der Waals surface area contributed by atoms with E-state index in [1.165, 1.54) is 0 Å². The van der Waals surface area contributed by atoms with Gasteiger partial charge in [-0.25, -0.2) is 0 Å². The second-order valence-electron chi connectivity index (χ2n) is 9.73. The predicted octanol–water partition coefficient (Wildman–Crippen LogP) is 6.85. The molecule has 1 aliphatic carbocycles. The molecule has 3 heteroatoms. The third-order valence-corrected chi connectivity index (χ3v) is 20.5. The van der Waals surface area contributed by atoms with E-state index in [2.05, 4.69) is 73.9 Å². The maximum atomic E-state index is 2.57. The van der Waals surface area contributed by atoms with Crippen LogP contribution in [0.25, 0.3) is 0 Å². The topological polar surface area (TPSA) is 0 Å². The molecule has 0 saturated carbocycles. The molecule has 0 fully saturated rings. The molecule has 0 aromatic heterocycles. The molecule has 123 valence electrons. The van der Waals surface area contributed by atoms with Gasteiger partial charge in [-0.1, -0.05) is 0 Å². The quantitative estimate of drug-likeness (QED) is 0.470. The zero-order chi connectivity index (χ0) is 16.8. The Hall–Kier alpha value is 0.446. The molecule has 0 heterocycles. The van der Waals surface area contributed by atoms with E-state index in [-0.39, 0.29) is 0 Å². The summed E-state index contributed by atoms with van der Waals surface area (Å²) in [6.45, 7) is 27.5. The third kappa shape index (κ3) is 4.71. The first-order valence-corrected chi connectivity index (χ1v) is 18.1. The fourth-order valence-corrected chi connectivity index (χ4v) is 21.0. The molecule has 0 aliphatic heterocycles. The fraction of sp³-hybridized carbons (Fsp3) is 0.778. The normalized spacial score (nSPS) is 20.0. The molecule has 0 nitrogen and oxygen atoms in total. The zero-order valence-electron chi connectivity index (χ0n) is 16.3. The summed E-state index contributed by atoms with van der Waals surface area (Å²) in [7, 11) is -2.00. The Morgan fingerprint density at radius 2 is 1.14 bits per heavy atom. The molecule has 0 unspecified atom stereocenters. The molecule has 0 aromatic carbocycles. The molecule has 21 heavy (non-hydrogen) atoms. The van der Waals surface area contributed by atoms with Crippen molar-refractivity contribution in [3.8, 4) is 0 Å². The van der Waals surface area contributed by atoms with Gasteiger partial charge in [0.25, 0.3) is 0 Å².